The van der Waals surface area contributed by atoms with E-state index in [-0.39, 0.29) is 18.0 Å². The van der Waals surface area contributed by atoms with Gasteiger partial charge in [0, 0.05) is 23.5 Å². The molecule has 0 spiro atoms. The molecule has 2 aromatic carbocycles. The number of rotatable bonds is 8. The lowest BCUT2D eigenvalue weighted by Crippen LogP contribution is -2.19. The van der Waals surface area contributed by atoms with Gasteiger partial charge in [-0.25, -0.2) is 15.0 Å². The Morgan fingerprint density at radius 3 is 2.60 bits per heavy atom. The molecule has 8 heteroatoms. The smallest absolute Gasteiger partial charge is 0.196 e. The van der Waals surface area contributed by atoms with Crippen molar-refractivity contribution in [2.24, 2.45) is 5.92 Å². The highest BCUT2D eigenvalue weighted by atomic mass is 32.2. The molecule has 1 N–H and O–H groups in total. The Kier molecular flexibility index (Phi) is 7.08. The number of benzene rings is 2. The average molecular weight is 490 g/mol. The largest absolute Gasteiger partial charge is 0.368 e. The number of hydrogen-bond acceptors (Lipinski definition) is 6. The van der Waals surface area contributed by atoms with E-state index in [9.17, 15) is 8.68 Å². The fourth-order valence-corrected chi connectivity index (χ4v) is 5.09. The summed E-state index contributed by atoms with van der Waals surface area (Å²) < 4.78 is 15.1. The Balaban J connectivity index is 1.62. The van der Waals surface area contributed by atoms with Gasteiger partial charge in [-0.15, -0.1) is 0 Å². The van der Waals surface area contributed by atoms with Gasteiger partial charge in [-0.1, -0.05) is 55.2 Å². The highest BCUT2D eigenvalue weighted by Crippen LogP contribution is 2.31. The van der Waals surface area contributed by atoms with E-state index in [0.29, 0.717) is 35.1 Å². The van der Waals surface area contributed by atoms with E-state index in [4.69, 9.17) is 4.98 Å². The van der Waals surface area contributed by atoms with Crippen LogP contribution in [0.5, 0.6) is 0 Å². The van der Waals surface area contributed by atoms with E-state index >= 15 is 0 Å². The summed E-state index contributed by atoms with van der Waals surface area (Å²) in [4.78, 5) is 26.1. The number of aldehydes is 1. The molecule has 2 aromatic heterocycles. The number of imidazole rings is 1. The molecule has 35 heavy (non-hydrogen) atoms. The van der Waals surface area contributed by atoms with E-state index < -0.39 is 0 Å². The zero-order chi connectivity index (χ0) is 24.2. The minimum atomic E-state index is 0.119. The third kappa shape index (κ3) is 5.22. The van der Waals surface area contributed by atoms with Gasteiger partial charge in [0.2, 0.25) is 0 Å². The number of aryl methyl sites for hydroxylation is 1. The predicted molar refractivity (Wildman–Crippen MR) is 138 cm³/mol. The van der Waals surface area contributed by atoms with E-state index in [2.05, 4.69) is 25.9 Å². The summed E-state index contributed by atoms with van der Waals surface area (Å²) in [6, 6.07) is 15.6. The van der Waals surface area contributed by atoms with Gasteiger partial charge in [0.15, 0.2) is 23.6 Å². The number of carbonyl (C=O) groups is 1. The minimum absolute atomic E-state index is 0.119. The molecule has 4 aromatic rings. The number of fused-ring (bicyclic) bond motifs is 1. The fourth-order valence-electron chi connectivity index (χ4n) is 4.85. The molecule has 180 valence electrons. The highest BCUT2D eigenvalue weighted by molar-refractivity contribution is 7.94. The van der Waals surface area contributed by atoms with Crippen LogP contribution in [0.1, 0.15) is 53.8 Å². The Hall–Kier alpha value is -3.26. The highest BCUT2D eigenvalue weighted by Gasteiger charge is 2.21. The topological polar surface area (TPSA) is 72.7 Å². The van der Waals surface area contributed by atoms with Crippen LogP contribution >= 0.6 is 12.1 Å². The molecular weight excluding hydrogens is 461 g/mol. The Labute approximate surface area is 208 Å². The van der Waals surface area contributed by atoms with Gasteiger partial charge < -0.3 is 9.88 Å². The Bertz CT molecular complexity index is 1330. The molecule has 0 amide bonds. The average Bonchev–Trinajstić information content (AvgIpc) is 3.26. The number of nitrogens with one attached hydrogen (secondary N) is 1. The zero-order valence-corrected chi connectivity index (χ0v) is 20.5. The standard InChI is InChI=1S/C27H28FN5OS/c1-18-6-5-9-21(14-18)27-32-26-24(33(27)16-20-10-12-22(35-28)13-11-20)25(30-23(17-34)31-26)29-15-19-7-3-2-4-8-19/h5-6,9-14,17,19H,2-4,7-8,15-16H2,1H3,(H,29,30,31). The maximum absolute atomic E-state index is 13.0. The third-order valence-electron chi connectivity index (χ3n) is 6.64. The second-order valence-electron chi connectivity index (χ2n) is 9.22. The van der Waals surface area contributed by atoms with Crippen LogP contribution in [0.25, 0.3) is 22.6 Å². The number of halogens is 1. The molecule has 2 heterocycles. The van der Waals surface area contributed by atoms with E-state index in [1.54, 1.807) is 12.1 Å². The molecule has 1 aliphatic rings. The van der Waals surface area contributed by atoms with Crippen molar-refractivity contribution in [1.82, 2.24) is 19.5 Å². The first kappa shape index (κ1) is 23.5. The molecule has 1 fully saturated rings. The molecular formula is C27H28FN5OS. The summed E-state index contributed by atoms with van der Waals surface area (Å²) in [5.41, 5.74) is 4.35. The number of carbonyl (C=O) groups excluding carboxylic acids is 1. The summed E-state index contributed by atoms with van der Waals surface area (Å²) >= 11 is 0.234. The van der Waals surface area contributed by atoms with Crippen LogP contribution in [0.15, 0.2) is 53.4 Å². The van der Waals surface area contributed by atoms with Gasteiger partial charge in [0.05, 0.1) is 12.1 Å². The maximum atomic E-state index is 13.0. The third-order valence-corrected chi connectivity index (χ3v) is 7.09. The number of aromatic nitrogens is 4. The molecule has 0 aliphatic heterocycles. The Morgan fingerprint density at radius 1 is 1.09 bits per heavy atom. The summed E-state index contributed by atoms with van der Waals surface area (Å²) in [5.74, 6) is 2.09. The second kappa shape index (κ2) is 10.6. The lowest BCUT2D eigenvalue weighted by atomic mass is 9.89. The molecule has 6 nitrogen and oxygen atoms in total. The second-order valence-corrected chi connectivity index (χ2v) is 9.84. The molecule has 1 saturated carbocycles. The van der Waals surface area contributed by atoms with Crippen LogP contribution in [0.2, 0.25) is 0 Å². The zero-order valence-electron chi connectivity index (χ0n) is 19.7. The molecule has 1 aliphatic carbocycles. The molecule has 0 bridgehead atoms. The van der Waals surface area contributed by atoms with Gasteiger partial charge in [0.1, 0.15) is 11.3 Å². The van der Waals surface area contributed by atoms with Crippen LogP contribution in [0.4, 0.5) is 9.70 Å². The van der Waals surface area contributed by atoms with Crippen molar-refractivity contribution in [3.8, 4) is 11.4 Å². The lowest BCUT2D eigenvalue weighted by Gasteiger charge is -2.22. The maximum Gasteiger partial charge on any atom is 0.196 e. The first-order chi connectivity index (χ1) is 17.1. The SMILES string of the molecule is Cc1cccc(-c2nc3nc(C=O)nc(NCC4CCCCC4)c3n2Cc2ccc(SF)cc2)c1. The van der Waals surface area contributed by atoms with Gasteiger partial charge in [-0.3, -0.25) is 4.79 Å². The minimum Gasteiger partial charge on any atom is -0.368 e. The van der Waals surface area contributed by atoms with Crippen molar-refractivity contribution < 1.29 is 8.68 Å². The predicted octanol–water partition coefficient (Wildman–Crippen LogP) is 6.63. The fraction of sp³-hybridized carbons (Fsp3) is 0.333. The van der Waals surface area contributed by atoms with Gasteiger partial charge in [-0.05, 0) is 49.4 Å². The van der Waals surface area contributed by atoms with Crippen molar-refractivity contribution >= 4 is 35.4 Å². The Morgan fingerprint density at radius 2 is 1.89 bits per heavy atom. The molecule has 0 saturated heterocycles. The summed E-state index contributed by atoms with van der Waals surface area (Å²) in [6.07, 6.45) is 6.89. The van der Waals surface area contributed by atoms with Crippen molar-refractivity contribution in [2.75, 3.05) is 11.9 Å². The van der Waals surface area contributed by atoms with Crippen molar-refractivity contribution in [1.29, 1.82) is 0 Å². The summed E-state index contributed by atoms with van der Waals surface area (Å²) in [7, 11) is 0. The number of nitrogens with zero attached hydrogens (tertiary/aromatic N) is 4. The first-order valence-electron chi connectivity index (χ1n) is 12.1. The quantitative estimate of drug-likeness (QED) is 0.280. The molecule has 5 rings (SSSR count). The van der Waals surface area contributed by atoms with Gasteiger partial charge >= 0.3 is 0 Å². The van der Waals surface area contributed by atoms with Gasteiger partial charge in [-0.2, -0.15) is 3.89 Å². The van der Waals surface area contributed by atoms with Crippen molar-refractivity contribution in [3.05, 3.63) is 65.5 Å². The van der Waals surface area contributed by atoms with Crippen LogP contribution in [-0.2, 0) is 6.54 Å². The van der Waals surface area contributed by atoms with Crippen LogP contribution in [0.3, 0.4) is 0 Å². The van der Waals surface area contributed by atoms with Crippen molar-refractivity contribution in [2.45, 2.75) is 50.5 Å². The monoisotopic (exact) mass is 489 g/mol. The van der Waals surface area contributed by atoms with Crippen LogP contribution in [0, 0.1) is 12.8 Å². The lowest BCUT2D eigenvalue weighted by molar-refractivity contribution is 0.111. The molecule has 0 radical (unpaired) electrons. The number of anilines is 1. The van der Waals surface area contributed by atoms with Gasteiger partial charge in [0.25, 0.3) is 0 Å². The molecule has 0 atom stereocenters. The van der Waals surface area contributed by atoms with E-state index in [1.807, 2.05) is 37.3 Å². The van der Waals surface area contributed by atoms with Crippen molar-refractivity contribution in [3.63, 3.8) is 0 Å². The summed E-state index contributed by atoms with van der Waals surface area (Å²) in [5, 5.41) is 3.53. The number of hydrogen-bond donors (Lipinski definition) is 1. The normalized spacial score (nSPS) is 14.3. The molecule has 0 unspecified atom stereocenters. The summed E-state index contributed by atoms with van der Waals surface area (Å²) in [6.45, 7) is 3.36. The first-order valence-corrected chi connectivity index (χ1v) is 12.8. The van der Waals surface area contributed by atoms with E-state index in [0.717, 1.165) is 34.6 Å². The van der Waals surface area contributed by atoms with Crippen LogP contribution in [-0.4, -0.2) is 32.3 Å². The van der Waals surface area contributed by atoms with Crippen LogP contribution < -0.4 is 5.32 Å². The van der Waals surface area contributed by atoms with E-state index in [1.165, 1.54) is 32.1 Å².